The van der Waals surface area contributed by atoms with Crippen LogP contribution in [0.4, 0.5) is 4.79 Å². The number of nitrogens with zero attached hydrogens (tertiary/aromatic N) is 1. The number of hydrogen-bond donors (Lipinski definition) is 1. The number of aliphatic hydroxyl groups is 1. The van der Waals surface area contributed by atoms with Gasteiger partial charge in [0.15, 0.2) is 5.79 Å². The minimum atomic E-state index is -0.619. The van der Waals surface area contributed by atoms with Gasteiger partial charge in [-0.1, -0.05) is 0 Å². The standard InChI is InChI=1S/C13H23NO5/c1-12(2,3)19-11(16)14-5-4-13(8-10(14)9-15)17-6-7-18-13/h10,15H,4-9H2,1-3H3. The summed E-state index contributed by atoms with van der Waals surface area (Å²) in [5, 5.41) is 9.49. The fourth-order valence-electron chi connectivity index (χ4n) is 2.53. The van der Waals surface area contributed by atoms with Crippen LogP contribution in [0.15, 0.2) is 0 Å². The third-order valence-corrected chi connectivity index (χ3v) is 3.37. The van der Waals surface area contributed by atoms with E-state index in [9.17, 15) is 9.90 Å². The van der Waals surface area contributed by atoms with E-state index in [4.69, 9.17) is 14.2 Å². The van der Waals surface area contributed by atoms with E-state index in [1.54, 1.807) is 4.90 Å². The summed E-state index contributed by atoms with van der Waals surface area (Å²) in [4.78, 5) is 13.7. The van der Waals surface area contributed by atoms with Crippen molar-refractivity contribution in [2.45, 2.75) is 51.0 Å². The Morgan fingerprint density at radius 3 is 2.58 bits per heavy atom. The molecule has 1 N–H and O–H groups in total. The average molecular weight is 273 g/mol. The van der Waals surface area contributed by atoms with Crippen molar-refractivity contribution >= 4 is 6.09 Å². The van der Waals surface area contributed by atoms with Crippen molar-refractivity contribution in [2.24, 2.45) is 0 Å². The Balaban J connectivity index is 2.01. The molecule has 0 aliphatic carbocycles. The minimum absolute atomic E-state index is 0.117. The molecule has 2 saturated heterocycles. The number of aliphatic hydroxyl groups excluding tert-OH is 1. The van der Waals surface area contributed by atoms with Crippen LogP contribution >= 0.6 is 0 Å². The first kappa shape index (κ1) is 14.6. The summed E-state index contributed by atoms with van der Waals surface area (Å²) in [7, 11) is 0. The first-order valence-electron chi connectivity index (χ1n) is 6.74. The van der Waals surface area contributed by atoms with Crippen LogP contribution in [0.2, 0.25) is 0 Å². The number of likely N-dealkylation sites (tertiary alicyclic amines) is 1. The highest BCUT2D eigenvalue weighted by Gasteiger charge is 2.46. The third kappa shape index (κ3) is 3.38. The maximum atomic E-state index is 12.1. The van der Waals surface area contributed by atoms with Crippen molar-refractivity contribution in [3.63, 3.8) is 0 Å². The van der Waals surface area contributed by atoms with Crippen LogP contribution in [0, 0.1) is 0 Å². The molecule has 19 heavy (non-hydrogen) atoms. The van der Waals surface area contributed by atoms with Gasteiger partial charge < -0.3 is 24.2 Å². The number of amides is 1. The first-order chi connectivity index (χ1) is 8.85. The number of ether oxygens (including phenoxy) is 3. The second kappa shape index (κ2) is 5.26. The molecule has 1 atom stereocenters. The average Bonchev–Trinajstić information content (AvgIpc) is 2.75. The van der Waals surface area contributed by atoms with Crippen LogP contribution in [-0.4, -0.2) is 59.9 Å². The Morgan fingerprint density at radius 1 is 1.42 bits per heavy atom. The monoisotopic (exact) mass is 273 g/mol. The Morgan fingerprint density at radius 2 is 2.05 bits per heavy atom. The molecule has 1 spiro atoms. The molecule has 6 nitrogen and oxygen atoms in total. The van der Waals surface area contributed by atoms with Crippen molar-refractivity contribution < 1.29 is 24.1 Å². The second-order valence-electron chi connectivity index (χ2n) is 6.07. The minimum Gasteiger partial charge on any atom is -0.444 e. The Kier molecular flexibility index (Phi) is 4.03. The van der Waals surface area contributed by atoms with E-state index in [1.165, 1.54) is 0 Å². The van der Waals surface area contributed by atoms with Crippen molar-refractivity contribution in [1.82, 2.24) is 4.90 Å². The molecule has 2 aliphatic heterocycles. The number of piperidine rings is 1. The highest BCUT2D eigenvalue weighted by molar-refractivity contribution is 5.68. The first-order valence-corrected chi connectivity index (χ1v) is 6.74. The lowest BCUT2D eigenvalue weighted by Gasteiger charge is -2.42. The molecule has 2 aliphatic rings. The molecule has 0 bridgehead atoms. The quantitative estimate of drug-likeness (QED) is 0.775. The Bertz CT molecular complexity index is 332. The maximum Gasteiger partial charge on any atom is 0.410 e. The largest absolute Gasteiger partial charge is 0.444 e. The van der Waals surface area contributed by atoms with E-state index in [2.05, 4.69) is 0 Å². The zero-order chi connectivity index (χ0) is 14.1. The number of hydrogen-bond acceptors (Lipinski definition) is 5. The smallest absolute Gasteiger partial charge is 0.410 e. The fraction of sp³-hybridized carbons (Fsp3) is 0.923. The molecule has 0 aromatic carbocycles. The van der Waals surface area contributed by atoms with Crippen molar-refractivity contribution in [3.05, 3.63) is 0 Å². The van der Waals surface area contributed by atoms with Gasteiger partial charge in [0.1, 0.15) is 5.60 Å². The second-order valence-corrected chi connectivity index (χ2v) is 6.07. The van der Waals surface area contributed by atoms with Gasteiger partial charge in [-0.25, -0.2) is 4.79 Å². The van der Waals surface area contributed by atoms with Gasteiger partial charge >= 0.3 is 6.09 Å². The molecule has 110 valence electrons. The topological polar surface area (TPSA) is 68.2 Å². The van der Waals surface area contributed by atoms with Gasteiger partial charge in [0.25, 0.3) is 0 Å². The van der Waals surface area contributed by atoms with Crippen LogP contribution in [0.1, 0.15) is 33.6 Å². The molecule has 0 saturated carbocycles. The zero-order valence-corrected chi connectivity index (χ0v) is 11.8. The fourth-order valence-corrected chi connectivity index (χ4v) is 2.53. The molecule has 1 amide bonds. The molecular formula is C13H23NO5. The molecule has 2 fully saturated rings. The van der Waals surface area contributed by atoms with Crippen LogP contribution in [-0.2, 0) is 14.2 Å². The van der Waals surface area contributed by atoms with Gasteiger partial charge in [0.2, 0.25) is 0 Å². The summed E-state index contributed by atoms with van der Waals surface area (Å²) in [6.45, 7) is 6.98. The normalized spacial score (nSPS) is 26.7. The van der Waals surface area contributed by atoms with Crippen molar-refractivity contribution in [3.8, 4) is 0 Å². The maximum absolute atomic E-state index is 12.1. The zero-order valence-electron chi connectivity index (χ0n) is 11.8. The van der Waals surface area contributed by atoms with E-state index < -0.39 is 11.4 Å². The van der Waals surface area contributed by atoms with E-state index >= 15 is 0 Å². The molecular weight excluding hydrogens is 250 g/mol. The van der Waals surface area contributed by atoms with Crippen LogP contribution in [0.5, 0.6) is 0 Å². The van der Waals surface area contributed by atoms with Crippen LogP contribution < -0.4 is 0 Å². The summed E-state index contributed by atoms with van der Waals surface area (Å²) >= 11 is 0. The molecule has 0 aromatic rings. The molecule has 1 unspecified atom stereocenters. The highest BCUT2D eigenvalue weighted by Crippen LogP contribution is 2.35. The predicted molar refractivity (Wildman–Crippen MR) is 67.7 cm³/mol. The summed E-state index contributed by atoms with van der Waals surface area (Å²) in [5.41, 5.74) is -0.535. The van der Waals surface area contributed by atoms with E-state index in [-0.39, 0.29) is 18.7 Å². The highest BCUT2D eigenvalue weighted by atomic mass is 16.7. The third-order valence-electron chi connectivity index (χ3n) is 3.37. The van der Waals surface area contributed by atoms with Gasteiger partial charge in [0.05, 0.1) is 25.9 Å². The van der Waals surface area contributed by atoms with Crippen LogP contribution in [0.25, 0.3) is 0 Å². The Labute approximate surface area is 113 Å². The Hall–Kier alpha value is -0.850. The SMILES string of the molecule is CC(C)(C)OC(=O)N1CCC2(CC1CO)OCCO2. The summed E-state index contributed by atoms with van der Waals surface area (Å²) < 4.78 is 16.6. The van der Waals surface area contributed by atoms with Gasteiger partial charge in [-0.15, -0.1) is 0 Å². The van der Waals surface area contributed by atoms with Crippen LogP contribution in [0.3, 0.4) is 0 Å². The van der Waals surface area contributed by atoms with Gasteiger partial charge in [-0.3, -0.25) is 0 Å². The van der Waals surface area contributed by atoms with Crippen molar-refractivity contribution in [2.75, 3.05) is 26.4 Å². The summed E-state index contributed by atoms with van der Waals surface area (Å²) in [5.74, 6) is -0.619. The lowest BCUT2D eigenvalue weighted by Crippen LogP contribution is -2.55. The van der Waals surface area contributed by atoms with E-state index in [0.29, 0.717) is 32.6 Å². The molecule has 2 rings (SSSR count). The van der Waals surface area contributed by atoms with Gasteiger partial charge in [-0.05, 0) is 20.8 Å². The number of carbonyl (C=O) groups excluding carboxylic acids is 1. The van der Waals surface area contributed by atoms with Gasteiger partial charge in [0, 0.05) is 19.4 Å². The lowest BCUT2D eigenvalue weighted by molar-refractivity contribution is -0.196. The number of carbonyl (C=O) groups is 1. The van der Waals surface area contributed by atoms with Gasteiger partial charge in [-0.2, -0.15) is 0 Å². The molecule has 6 heteroatoms. The van der Waals surface area contributed by atoms with E-state index in [1.807, 2.05) is 20.8 Å². The lowest BCUT2D eigenvalue weighted by atomic mass is 9.96. The molecule has 0 aromatic heterocycles. The molecule has 2 heterocycles. The summed E-state index contributed by atoms with van der Waals surface area (Å²) in [6.07, 6.45) is 0.713. The number of rotatable bonds is 1. The van der Waals surface area contributed by atoms with E-state index in [0.717, 1.165) is 0 Å². The molecule has 0 radical (unpaired) electrons. The van der Waals surface area contributed by atoms with Crippen molar-refractivity contribution in [1.29, 1.82) is 0 Å². The summed E-state index contributed by atoms with van der Waals surface area (Å²) in [6, 6.07) is -0.318. The predicted octanol–water partition coefficient (Wildman–Crippen LogP) is 1.12.